The Morgan fingerprint density at radius 3 is 2.36 bits per heavy atom. The van der Waals surface area contributed by atoms with Crippen LogP contribution in [0.1, 0.15) is 12.5 Å². The van der Waals surface area contributed by atoms with Crippen molar-refractivity contribution in [3.8, 4) is 5.75 Å². The quantitative estimate of drug-likeness (QED) is 0.838. The van der Waals surface area contributed by atoms with E-state index in [-0.39, 0.29) is 33.4 Å². The molecule has 25 heavy (non-hydrogen) atoms. The number of aliphatic imine (C=N–C) groups is 3. The third-order valence-electron chi connectivity index (χ3n) is 3.20. The number of benzene rings is 2. The topological polar surface area (TPSA) is 86.4 Å². The minimum absolute atomic E-state index is 0.0649. The number of amidine groups is 3. The fourth-order valence-electron chi connectivity index (χ4n) is 2.12. The molecule has 2 N–H and O–H groups in total. The first kappa shape index (κ1) is 17.1. The summed E-state index contributed by atoms with van der Waals surface area (Å²) in [5.74, 6) is 0.360. The highest BCUT2D eigenvalue weighted by Gasteiger charge is 2.20. The second kappa shape index (κ2) is 7.04. The fourth-order valence-corrected chi connectivity index (χ4v) is 2.59. The van der Waals surface area contributed by atoms with Gasteiger partial charge in [0.05, 0.1) is 15.7 Å². The van der Waals surface area contributed by atoms with Gasteiger partial charge in [-0.3, -0.25) is 4.79 Å². The maximum atomic E-state index is 11.4. The lowest BCUT2D eigenvalue weighted by Gasteiger charge is -2.04. The summed E-state index contributed by atoms with van der Waals surface area (Å²) >= 11 is 11.8. The van der Waals surface area contributed by atoms with E-state index >= 15 is 0 Å². The summed E-state index contributed by atoms with van der Waals surface area (Å²) in [5.41, 5.74) is 1.16. The van der Waals surface area contributed by atoms with Gasteiger partial charge in [-0.05, 0) is 12.1 Å². The zero-order valence-electron chi connectivity index (χ0n) is 13.0. The van der Waals surface area contributed by atoms with Gasteiger partial charge in [-0.1, -0.05) is 53.5 Å². The molecule has 0 aliphatic carbocycles. The summed E-state index contributed by atoms with van der Waals surface area (Å²) in [7, 11) is 0. The maximum absolute atomic E-state index is 11.4. The van der Waals surface area contributed by atoms with E-state index in [4.69, 9.17) is 23.2 Å². The highest BCUT2D eigenvalue weighted by atomic mass is 35.5. The zero-order chi connectivity index (χ0) is 18.0. The number of amides is 1. The van der Waals surface area contributed by atoms with Gasteiger partial charge in [0, 0.05) is 12.5 Å². The number of nitrogens with zero attached hydrogens (tertiary/aromatic N) is 3. The molecular formula is C17H12Cl2N4O2. The number of carbonyl (C=O) groups is 1. The first-order valence-corrected chi connectivity index (χ1v) is 7.97. The van der Waals surface area contributed by atoms with Crippen molar-refractivity contribution >= 4 is 52.3 Å². The Balaban J connectivity index is 2.04. The van der Waals surface area contributed by atoms with E-state index in [1.807, 2.05) is 30.3 Å². The lowest BCUT2D eigenvalue weighted by atomic mass is 10.2. The Morgan fingerprint density at radius 2 is 1.76 bits per heavy atom. The van der Waals surface area contributed by atoms with Crippen LogP contribution in [0.25, 0.3) is 0 Å². The predicted octanol–water partition coefficient (Wildman–Crippen LogP) is 3.72. The summed E-state index contributed by atoms with van der Waals surface area (Å²) in [6.07, 6.45) is 0. The van der Waals surface area contributed by atoms with E-state index in [0.29, 0.717) is 11.5 Å². The van der Waals surface area contributed by atoms with Crippen molar-refractivity contribution in [2.75, 3.05) is 0 Å². The Morgan fingerprint density at radius 1 is 1.12 bits per heavy atom. The van der Waals surface area contributed by atoms with E-state index < -0.39 is 0 Å². The maximum Gasteiger partial charge on any atom is 0.222 e. The van der Waals surface area contributed by atoms with Crippen molar-refractivity contribution in [3.05, 3.63) is 58.1 Å². The van der Waals surface area contributed by atoms with Crippen molar-refractivity contribution in [1.82, 2.24) is 5.32 Å². The number of hydrogen-bond donors (Lipinski definition) is 2. The molecule has 1 amide bonds. The number of phenolic OH excluding ortho intramolecular Hbond substituents is 1. The Labute approximate surface area is 153 Å². The van der Waals surface area contributed by atoms with Gasteiger partial charge in [-0.15, -0.1) is 0 Å². The first-order valence-electron chi connectivity index (χ1n) is 7.21. The van der Waals surface area contributed by atoms with E-state index in [1.165, 1.54) is 19.1 Å². The van der Waals surface area contributed by atoms with Gasteiger partial charge in [-0.25, -0.2) is 15.0 Å². The normalized spacial score (nSPS) is 15.1. The van der Waals surface area contributed by atoms with E-state index in [1.54, 1.807) is 0 Å². The number of nitrogens with one attached hydrogen (secondary N) is 1. The number of halogens is 2. The van der Waals surface area contributed by atoms with E-state index in [9.17, 15) is 9.90 Å². The third-order valence-corrected chi connectivity index (χ3v) is 3.78. The highest BCUT2D eigenvalue weighted by Crippen LogP contribution is 2.35. The lowest BCUT2D eigenvalue weighted by Crippen LogP contribution is -2.32. The molecule has 2 aromatic carbocycles. The number of hydrogen-bond acceptors (Lipinski definition) is 4. The van der Waals surface area contributed by atoms with E-state index in [2.05, 4.69) is 20.3 Å². The predicted molar refractivity (Wildman–Crippen MR) is 99.5 cm³/mol. The smallest absolute Gasteiger partial charge is 0.222 e. The number of rotatable bonds is 2. The molecule has 2 aromatic rings. The van der Waals surface area contributed by atoms with Crippen LogP contribution in [0.15, 0.2) is 57.4 Å². The summed E-state index contributed by atoms with van der Waals surface area (Å²) in [6.45, 7) is 1.37. The van der Waals surface area contributed by atoms with Crippen LogP contribution in [0.5, 0.6) is 5.75 Å². The van der Waals surface area contributed by atoms with Gasteiger partial charge >= 0.3 is 0 Å². The highest BCUT2D eigenvalue weighted by molar-refractivity contribution is 6.50. The summed E-state index contributed by atoms with van der Waals surface area (Å²) in [6, 6.07) is 12.2. The monoisotopic (exact) mass is 374 g/mol. The molecule has 0 saturated heterocycles. The zero-order valence-corrected chi connectivity index (χ0v) is 14.5. The van der Waals surface area contributed by atoms with Crippen molar-refractivity contribution < 1.29 is 9.90 Å². The average Bonchev–Trinajstić information content (AvgIpc) is 2.95. The van der Waals surface area contributed by atoms with Gasteiger partial charge in [0.2, 0.25) is 5.91 Å². The Hall–Kier alpha value is -2.70. The molecule has 0 radical (unpaired) electrons. The number of carbonyl (C=O) groups excluding carboxylic acids is 1. The standard InChI is InChI=1S/C17H12Cl2N4O2/c1-9(24)20-16-17(21-11-7-12(18)14(25)13(19)8-11)23-15(22-16)10-5-3-2-4-6-10/h2-8,25H,1H3,(H,20,21,22,23,24). The fraction of sp³-hybridized carbons (Fsp3) is 0.0588. The van der Waals surface area contributed by atoms with Crippen molar-refractivity contribution in [2.24, 2.45) is 15.0 Å². The van der Waals surface area contributed by atoms with Crippen molar-refractivity contribution in [2.45, 2.75) is 6.92 Å². The molecule has 0 saturated carbocycles. The molecule has 1 aliphatic rings. The molecule has 1 aliphatic heterocycles. The SMILES string of the molecule is CC(=O)NC1=NC(c2ccccc2)=NC1=Nc1cc(Cl)c(O)c(Cl)c1. The number of phenols is 1. The van der Waals surface area contributed by atoms with Gasteiger partial charge in [0.25, 0.3) is 0 Å². The molecular weight excluding hydrogens is 363 g/mol. The largest absolute Gasteiger partial charge is 0.505 e. The van der Waals surface area contributed by atoms with Crippen LogP contribution in [-0.2, 0) is 4.79 Å². The molecule has 6 nitrogen and oxygen atoms in total. The molecule has 0 bridgehead atoms. The molecule has 126 valence electrons. The summed E-state index contributed by atoms with van der Waals surface area (Å²) < 4.78 is 0. The van der Waals surface area contributed by atoms with Crippen LogP contribution in [0.2, 0.25) is 10.0 Å². The van der Waals surface area contributed by atoms with Crippen LogP contribution < -0.4 is 5.32 Å². The second-order valence-electron chi connectivity index (χ2n) is 5.14. The molecule has 0 unspecified atom stereocenters. The molecule has 0 aromatic heterocycles. The van der Waals surface area contributed by atoms with Crippen molar-refractivity contribution in [3.63, 3.8) is 0 Å². The van der Waals surface area contributed by atoms with Gasteiger partial charge in [0.15, 0.2) is 23.3 Å². The molecule has 1 heterocycles. The van der Waals surface area contributed by atoms with Gasteiger partial charge < -0.3 is 10.4 Å². The van der Waals surface area contributed by atoms with Crippen LogP contribution >= 0.6 is 23.2 Å². The minimum Gasteiger partial charge on any atom is -0.505 e. The molecule has 0 fully saturated rings. The molecule has 0 spiro atoms. The van der Waals surface area contributed by atoms with Crippen LogP contribution in [0.4, 0.5) is 5.69 Å². The summed E-state index contributed by atoms with van der Waals surface area (Å²) in [5, 5.41) is 12.4. The van der Waals surface area contributed by atoms with E-state index in [0.717, 1.165) is 5.56 Å². The Kier molecular flexibility index (Phi) is 4.83. The minimum atomic E-state index is -0.294. The number of aromatic hydroxyl groups is 1. The molecule has 3 rings (SSSR count). The van der Waals surface area contributed by atoms with Gasteiger partial charge in [-0.2, -0.15) is 0 Å². The molecule has 0 atom stereocenters. The first-order chi connectivity index (χ1) is 11.9. The average molecular weight is 375 g/mol. The van der Waals surface area contributed by atoms with Crippen LogP contribution in [-0.4, -0.2) is 28.5 Å². The summed E-state index contributed by atoms with van der Waals surface area (Å²) in [4.78, 5) is 24.5. The van der Waals surface area contributed by atoms with Crippen molar-refractivity contribution in [1.29, 1.82) is 0 Å². The van der Waals surface area contributed by atoms with Crippen LogP contribution in [0, 0.1) is 0 Å². The third kappa shape index (κ3) is 3.87. The lowest BCUT2D eigenvalue weighted by molar-refractivity contribution is -0.117. The Bertz CT molecular complexity index is 914. The second-order valence-corrected chi connectivity index (χ2v) is 5.95. The van der Waals surface area contributed by atoms with Crippen LogP contribution in [0.3, 0.4) is 0 Å². The van der Waals surface area contributed by atoms with Gasteiger partial charge in [0.1, 0.15) is 0 Å². The molecule has 8 heteroatoms.